The van der Waals surface area contributed by atoms with Crippen LogP contribution >= 0.6 is 23.2 Å². The number of carbonyl (C=O) groups excluding carboxylic acids is 1. The minimum absolute atomic E-state index is 0.0681. The highest BCUT2D eigenvalue weighted by molar-refractivity contribution is 6.37. The topological polar surface area (TPSA) is 143 Å². The maximum atomic E-state index is 12.0. The molecule has 0 aliphatic heterocycles. The molecular formula is C17H9Cl2N5O5. The van der Waals surface area contributed by atoms with Crippen LogP contribution in [0.5, 0.6) is 11.6 Å². The number of rotatable bonds is 4. The van der Waals surface area contributed by atoms with Crippen LogP contribution in [0.15, 0.2) is 50.5 Å². The molecule has 2 aromatic heterocycles. The summed E-state index contributed by atoms with van der Waals surface area (Å²) in [4.78, 5) is 37.0. The summed E-state index contributed by atoms with van der Waals surface area (Å²) in [5.41, 5.74) is -0.144. The monoisotopic (exact) mass is 433 g/mol. The van der Waals surface area contributed by atoms with Gasteiger partial charge in [-0.15, -0.1) is 5.10 Å². The van der Waals surface area contributed by atoms with Crippen molar-refractivity contribution in [3.8, 4) is 11.6 Å². The molecule has 29 heavy (non-hydrogen) atoms. The minimum atomic E-state index is -0.865. The van der Waals surface area contributed by atoms with Gasteiger partial charge in [-0.3, -0.25) is 19.1 Å². The molecule has 1 amide bonds. The zero-order chi connectivity index (χ0) is 20.5. The van der Waals surface area contributed by atoms with Crippen molar-refractivity contribution < 1.29 is 14.1 Å². The van der Waals surface area contributed by atoms with E-state index < -0.39 is 11.7 Å². The standard InChI is InChI=1S/C17H9Cl2N5O5/c18-10-5-7(20-15(26)13-21-17(27)29-24-13)6-11(19)12(10)28-16-9-4-2-1-3-8(9)14(25)22-23-16/h1-6H,(H,20,26)(H,22,25)(H,21,24,27). The second-order valence-electron chi connectivity index (χ2n) is 5.67. The van der Waals surface area contributed by atoms with Gasteiger partial charge in [-0.25, -0.2) is 9.89 Å². The lowest BCUT2D eigenvalue weighted by molar-refractivity contribution is 0.101. The molecule has 0 saturated carbocycles. The molecule has 0 spiro atoms. The molecule has 12 heteroatoms. The summed E-state index contributed by atoms with van der Waals surface area (Å²) >= 11 is 12.5. The van der Waals surface area contributed by atoms with Crippen molar-refractivity contribution in [2.75, 3.05) is 5.32 Å². The zero-order valence-electron chi connectivity index (χ0n) is 14.2. The van der Waals surface area contributed by atoms with Gasteiger partial charge in [0.1, 0.15) is 0 Å². The number of fused-ring (bicyclic) bond motifs is 1. The van der Waals surface area contributed by atoms with E-state index in [0.717, 1.165) is 0 Å². The highest BCUT2D eigenvalue weighted by Gasteiger charge is 2.17. The van der Waals surface area contributed by atoms with Crippen molar-refractivity contribution in [3.63, 3.8) is 0 Å². The Morgan fingerprint density at radius 1 is 1.10 bits per heavy atom. The lowest BCUT2D eigenvalue weighted by Gasteiger charge is -2.12. The normalized spacial score (nSPS) is 10.8. The van der Waals surface area contributed by atoms with E-state index in [1.54, 1.807) is 24.3 Å². The number of halogens is 2. The Morgan fingerprint density at radius 3 is 2.45 bits per heavy atom. The van der Waals surface area contributed by atoms with E-state index in [9.17, 15) is 14.4 Å². The van der Waals surface area contributed by atoms with Crippen LogP contribution in [0, 0.1) is 0 Å². The average molecular weight is 434 g/mol. The highest BCUT2D eigenvalue weighted by atomic mass is 35.5. The summed E-state index contributed by atoms with van der Waals surface area (Å²) in [5, 5.41) is 13.0. The predicted molar refractivity (Wildman–Crippen MR) is 104 cm³/mol. The maximum Gasteiger partial charge on any atom is 0.439 e. The Morgan fingerprint density at radius 2 is 1.79 bits per heavy atom. The maximum absolute atomic E-state index is 12.0. The van der Waals surface area contributed by atoms with Crippen molar-refractivity contribution in [2.45, 2.75) is 0 Å². The number of carbonyl (C=O) groups is 1. The first-order valence-corrected chi connectivity index (χ1v) is 8.69. The quantitative estimate of drug-likeness (QED) is 0.448. The molecule has 0 bridgehead atoms. The number of amides is 1. The lowest BCUT2D eigenvalue weighted by Crippen LogP contribution is -2.15. The van der Waals surface area contributed by atoms with Crippen molar-refractivity contribution in [1.82, 2.24) is 20.3 Å². The summed E-state index contributed by atoms with van der Waals surface area (Å²) in [5.74, 6) is -1.74. The smallest absolute Gasteiger partial charge is 0.434 e. The first-order chi connectivity index (χ1) is 13.9. The van der Waals surface area contributed by atoms with Gasteiger partial charge in [-0.05, 0) is 29.4 Å². The highest BCUT2D eigenvalue weighted by Crippen LogP contribution is 2.39. The van der Waals surface area contributed by atoms with Crippen LogP contribution in [0.2, 0.25) is 10.0 Å². The Kier molecular flexibility index (Phi) is 4.79. The number of aromatic amines is 2. The van der Waals surface area contributed by atoms with Crippen molar-refractivity contribution in [2.24, 2.45) is 0 Å². The Balaban J connectivity index is 1.65. The predicted octanol–water partition coefficient (Wildman–Crippen LogP) is 2.95. The lowest BCUT2D eigenvalue weighted by atomic mass is 10.2. The van der Waals surface area contributed by atoms with Crippen LogP contribution in [0.1, 0.15) is 10.6 Å². The molecule has 3 N–H and O–H groups in total. The number of nitrogens with zero attached hydrogens (tertiary/aromatic N) is 2. The Hall–Kier alpha value is -3.63. The van der Waals surface area contributed by atoms with E-state index in [0.29, 0.717) is 10.8 Å². The van der Waals surface area contributed by atoms with E-state index in [4.69, 9.17) is 27.9 Å². The van der Waals surface area contributed by atoms with E-state index >= 15 is 0 Å². The number of aromatic nitrogens is 4. The Labute approximate surface area is 170 Å². The third-order valence-electron chi connectivity index (χ3n) is 3.77. The fourth-order valence-electron chi connectivity index (χ4n) is 2.51. The largest absolute Gasteiger partial charge is 0.439 e. The Bertz CT molecular complexity index is 1340. The van der Waals surface area contributed by atoms with Gasteiger partial charge in [0, 0.05) is 5.69 Å². The summed E-state index contributed by atoms with van der Waals surface area (Å²) in [6.07, 6.45) is 0. The third-order valence-corrected chi connectivity index (χ3v) is 4.33. The first kappa shape index (κ1) is 18.7. The molecule has 0 aliphatic carbocycles. The van der Waals surface area contributed by atoms with Gasteiger partial charge < -0.3 is 10.1 Å². The fourth-order valence-corrected chi connectivity index (χ4v) is 3.08. The van der Waals surface area contributed by atoms with Crippen LogP contribution in [-0.2, 0) is 0 Å². The van der Waals surface area contributed by atoms with Gasteiger partial charge in [0.05, 0.1) is 20.8 Å². The number of anilines is 1. The molecular weight excluding hydrogens is 425 g/mol. The third kappa shape index (κ3) is 3.71. The number of H-pyrrole nitrogens is 2. The van der Waals surface area contributed by atoms with E-state index in [-0.39, 0.29) is 38.7 Å². The SMILES string of the molecule is O=C(Nc1cc(Cl)c(Oc2n[nH]c(=O)c3ccccc23)c(Cl)c1)c1noc(=O)[nH]1. The number of ether oxygens (including phenoxy) is 1. The van der Waals surface area contributed by atoms with Gasteiger partial charge >= 0.3 is 5.76 Å². The summed E-state index contributed by atoms with van der Waals surface area (Å²) in [6, 6.07) is 9.49. The molecule has 2 heterocycles. The van der Waals surface area contributed by atoms with Gasteiger partial charge in [-0.1, -0.05) is 35.3 Å². The summed E-state index contributed by atoms with van der Waals surface area (Å²) < 4.78 is 10.00. The van der Waals surface area contributed by atoms with Crippen molar-refractivity contribution in [1.29, 1.82) is 0 Å². The zero-order valence-corrected chi connectivity index (χ0v) is 15.7. The van der Waals surface area contributed by atoms with E-state index in [2.05, 4.69) is 30.2 Å². The second kappa shape index (κ2) is 7.41. The van der Waals surface area contributed by atoms with E-state index in [1.165, 1.54) is 12.1 Å². The first-order valence-electron chi connectivity index (χ1n) is 7.94. The molecule has 0 atom stereocenters. The number of nitrogens with one attached hydrogen (secondary N) is 3. The minimum Gasteiger partial charge on any atom is -0.434 e. The van der Waals surface area contributed by atoms with Crippen molar-refractivity contribution >= 4 is 45.6 Å². The second-order valence-corrected chi connectivity index (χ2v) is 6.49. The van der Waals surface area contributed by atoms with Crippen LogP contribution in [0.3, 0.4) is 0 Å². The van der Waals surface area contributed by atoms with Gasteiger partial charge in [0.25, 0.3) is 11.5 Å². The molecule has 0 unspecified atom stereocenters. The van der Waals surface area contributed by atoms with Crippen LogP contribution in [0.25, 0.3) is 10.8 Å². The van der Waals surface area contributed by atoms with Crippen LogP contribution < -0.4 is 21.4 Å². The fraction of sp³-hybridized carbons (Fsp3) is 0. The summed E-state index contributed by atoms with van der Waals surface area (Å²) in [7, 11) is 0. The summed E-state index contributed by atoms with van der Waals surface area (Å²) in [6.45, 7) is 0. The molecule has 0 aliphatic rings. The van der Waals surface area contributed by atoms with Gasteiger partial charge in [-0.2, -0.15) is 0 Å². The molecule has 10 nitrogen and oxygen atoms in total. The van der Waals surface area contributed by atoms with Crippen LogP contribution in [0.4, 0.5) is 5.69 Å². The molecule has 4 aromatic rings. The number of hydrogen-bond acceptors (Lipinski definition) is 7. The average Bonchev–Trinajstić information content (AvgIpc) is 3.13. The van der Waals surface area contributed by atoms with Crippen molar-refractivity contribution in [3.05, 3.63) is 73.2 Å². The van der Waals surface area contributed by atoms with Gasteiger partial charge in [0.2, 0.25) is 11.7 Å². The number of benzene rings is 2. The molecule has 0 saturated heterocycles. The molecule has 4 rings (SSSR count). The van der Waals surface area contributed by atoms with Gasteiger partial charge in [0.15, 0.2) is 5.75 Å². The molecule has 146 valence electrons. The van der Waals surface area contributed by atoms with Crippen LogP contribution in [-0.4, -0.2) is 26.2 Å². The van der Waals surface area contributed by atoms with E-state index in [1.807, 2.05) is 0 Å². The number of hydrogen-bond donors (Lipinski definition) is 3. The molecule has 2 aromatic carbocycles. The molecule has 0 radical (unpaired) electrons. The molecule has 0 fully saturated rings.